The van der Waals surface area contributed by atoms with Gasteiger partial charge < -0.3 is 10.5 Å². The van der Waals surface area contributed by atoms with Gasteiger partial charge in [-0.05, 0) is 41.5 Å². The summed E-state index contributed by atoms with van der Waals surface area (Å²) < 4.78 is 18.1. The van der Waals surface area contributed by atoms with E-state index in [4.69, 9.17) is 10.5 Å². The third-order valence-electron chi connectivity index (χ3n) is 4.84. The van der Waals surface area contributed by atoms with E-state index >= 15 is 0 Å². The van der Waals surface area contributed by atoms with Gasteiger partial charge in [0, 0.05) is 30.6 Å². The molecule has 3 aromatic rings. The van der Waals surface area contributed by atoms with Crippen molar-refractivity contribution in [3.8, 4) is 5.75 Å². The average molecular weight is 364 g/mol. The van der Waals surface area contributed by atoms with Crippen molar-refractivity contribution in [1.29, 1.82) is 0 Å². The van der Waals surface area contributed by atoms with E-state index in [-0.39, 0.29) is 0 Å². The fourth-order valence-electron chi connectivity index (χ4n) is 3.67. The molecule has 5 nitrogen and oxygen atoms in total. The highest BCUT2D eigenvalue weighted by Crippen LogP contribution is 2.44. The molecular formula is C21H21FN4O. The molecule has 0 amide bonds. The Morgan fingerprint density at radius 3 is 2.74 bits per heavy atom. The Morgan fingerprint density at radius 1 is 1.07 bits per heavy atom. The van der Waals surface area contributed by atoms with Gasteiger partial charge in [0.15, 0.2) is 0 Å². The Morgan fingerprint density at radius 2 is 1.93 bits per heavy atom. The van der Waals surface area contributed by atoms with Gasteiger partial charge in [-0.25, -0.2) is 0 Å². The van der Waals surface area contributed by atoms with Gasteiger partial charge in [0.25, 0.3) is 0 Å². The normalized spacial score (nSPS) is 21.0. The van der Waals surface area contributed by atoms with E-state index < -0.39 is 18.4 Å². The quantitative estimate of drug-likeness (QED) is 0.658. The molecule has 0 bridgehead atoms. The van der Waals surface area contributed by atoms with Crippen LogP contribution in [-0.4, -0.2) is 23.2 Å². The Kier molecular flexibility index (Phi) is 4.83. The Balaban J connectivity index is 1.86. The first-order valence-electron chi connectivity index (χ1n) is 8.94. The summed E-state index contributed by atoms with van der Waals surface area (Å²) in [6.45, 7) is -0.0522. The van der Waals surface area contributed by atoms with Crippen molar-refractivity contribution in [1.82, 2.24) is 15.3 Å². The van der Waals surface area contributed by atoms with Gasteiger partial charge in [-0.15, -0.1) is 0 Å². The van der Waals surface area contributed by atoms with Crippen molar-refractivity contribution in [2.75, 3.05) is 13.3 Å². The van der Waals surface area contributed by atoms with Crippen molar-refractivity contribution in [3.63, 3.8) is 0 Å². The zero-order chi connectivity index (χ0) is 18.7. The molecule has 0 saturated heterocycles. The summed E-state index contributed by atoms with van der Waals surface area (Å²) in [7, 11) is 0. The fourth-order valence-corrected chi connectivity index (χ4v) is 3.67. The van der Waals surface area contributed by atoms with E-state index in [1.54, 1.807) is 18.6 Å². The monoisotopic (exact) mass is 364 g/mol. The summed E-state index contributed by atoms with van der Waals surface area (Å²) in [6.07, 6.45) is 5.25. The highest BCUT2D eigenvalue weighted by molar-refractivity contribution is 5.55. The Bertz CT molecular complexity index is 921. The fraction of sp³-hybridized carbons (Fsp3) is 0.238. The Hall–Kier alpha value is -2.83. The lowest BCUT2D eigenvalue weighted by molar-refractivity contribution is 0.289. The second-order valence-corrected chi connectivity index (χ2v) is 6.46. The molecule has 2 unspecified atom stereocenters. The van der Waals surface area contributed by atoms with Crippen molar-refractivity contribution in [2.45, 2.75) is 18.1 Å². The second-order valence-electron chi connectivity index (χ2n) is 6.46. The molecule has 4 rings (SSSR count). The van der Waals surface area contributed by atoms with Crippen LogP contribution in [0.1, 0.15) is 35.0 Å². The van der Waals surface area contributed by atoms with Crippen LogP contribution in [0.25, 0.3) is 0 Å². The summed E-state index contributed by atoms with van der Waals surface area (Å²) in [6, 6.07) is 15.7. The van der Waals surface area contributed by atoms with E-state index in [9.17, 15) is 4.39 Å². The number of benzene rings is 1. The molecule has 0 fully saturated rings. The number of rotatable bonds is 6. The van der Waals surface area contributed by atoms with Gasteiger partial charge in [0.1, 0.15) is 11.9 Å². The van der Waals surface area contributed by atoms with Gasteiger partial charge in [-0.3, -0.25) is 19.7 Å². The molecule has 2 atom stereocenters. The molecule has 6 heteroatoms. The molecule has 0 saturated carbocycles. The van der Waals surface area contributed by atoms with E-state index in [0.717, 1.165) is 22.4 Å². The first kappa shape index (κ1) is 17.6. The molecule has 0 radical (unpaired) electrons. The van der Waals surface area contributed by atoms with Crippen LogP contribution in [0.5, 0.6) is 5.75 Å². The number of nitrogens with two attached hydrogens (primary N) is 1. The topological polar surface area (TPSA) is 73.1 Å². The van der Waals surface area contributed by atoms with Crippen LogP contribution < -0.4 is 15.8 Å². The van der Waals surface area contributed by atoms with Crippen LogP contribution in [-0.2, 0) is 5.54 Å². The van der Waals surface area contributed by atoms with Crippen LogP contribution >= 0.6 is 0 Å². The van der Waals surface area contributed by atoms with Gasteiger partial charge in [-0.1, -0.05) is 18.2 Å². The third kappa shape index (κ3) is 3.07. The lowest BCUT2D eigenvalue weighted by Crippen LogP contribution is -2.42. The summed E-state index contributed by atoms with van der Waals surface area (Å²) in [5, 5.41) is 3.53. The first-order valence-corrected chi connectivity index (χ1v) is 8.94. The van der Waals surface area contributed by atoms with Crippen LogP contribution in [0.2, 0.25) is 0 Å². The number of pyridine rings is 2. The number of halogens is 1. The lowest BCUT2D eigenvalue weighted by atomic mass is 9.79. The predicted molar refractivity (Wildman–Crippen MR) is 101 cm³/mol. The molecular weight excluding hydrogens is 343 g/mol. The zero-order valence-electron chi connectivity index (χ0n) is 14.8. The zero-order valence-corrected chi connectivity index (χ0v) is 14.8. The minimum atomic E-state index is -0.661. The lowest BCUT2D eigenvalue weighted by Gasteiger charge is -2.32. The molecule has 1 aliphatic heterocycles. The minimum absolute atomic E-state index is 0.341. The molecule has 1 aliphatic rings. The molecule has 0 spiro atoms. The standard InChI is InChI=1S/C21H21FN4O/c22-9-3-13-27-17-5-1-4-16(14-17)21(15-7-11-24-12-8-15)18-6-2-10-25-19(18)20(23)26-21/h1-2,4-8,10-12,14,20,26H,3,9,13,23H2. The van der Waals surface area contributed by atoms with Crippen LogP contribution in [0.3, 0.4) is 0 Å². The SMILES string of the molecule is NC1NC(c2ccncc2)(c2cccc(OCCCF)c2)c2cccnc21. The third-order valence-corrected chi connectivity index (χ3v) is 4.84. The summed E-state index contributed by atoms with van der Waals surface area (Å²) in [5.74, 6) is 0.696. The molecule has 27 heavy (non-hydrogen) atoms. The van der Waals surface area contributed by atoms with Crippen LogP contribution in [0.4, 0.5) is 4.39 Å². The van der Waals surface area contributed by atoms with Crippen LogP contribution in [0.15, 0.2) is 67.1 Å². The van der Waals surface area contributed by atoms with Gasteiger partial charge in [-0.2, -0.15) is 0 Å². The average Bonchev–Trinajstić information content (AvgIpc) is 3.03. The second kappa shape index (κ2) is 7.42. The van der Waals surface area contributed by atoms with Gasteiger partial charge in [0.2, 0.25) is 0 Å². The first-order chi connectivity index (χ1) is 13.3. The summed E-state index contributed by atoms with van der Waals surface area (Å²) >= 11 is 0. The number of ether oxygens (including phenoxy) is 1. The maximum absolute atomic E-state index is 12.4. The summed E-state index contributed by atoms with van der Waals surface area (Å²) in [5.41, 5.74) is 9.53. The van der Waals surface area contributed by atoms with Gasteiger partial charge >= 0.3 is 0 Å². The van der Waals surface area contributed by atoms with E-state index in [1.165, 1.54) is 0 Å². The highest BCUT2D eigenvalue weighted by atomic mass is 19.1. The van der Waals surface area contributed by atoms with E-state index in [0.29, 0.717) is 18.8 Å². The molecule has 3 N–H and O–H groups in total. The van der Waals surface area contributed by atoms with Crippen molar-refractivity contribution in [2.24, 2.45) is 5.73 Å². The maximum atomic E-state index is 12.4. The minimum Gasteiger partial charge on any atom is -0.493 e. The molecule has 138 valence electrons. The Labute approximate surface area is 157 Å². The van der Waals surface area contributed by atoms with E-state index in [1.807, 2.05) is 48.5 Å². The molecule has 3 heterocycles. The number of alkyl halides is 1. The highest BCUT2D eigenvalue weighted by Gasteiger charge is 2.45. The maximum Gasteiger partial charge on any atom is 0.119 e. The van der Waals surface area contributed by atoms with Crippen molar-refractivity contribution >= 4 is 0 Å². The van der Waals surface area contributed by atoms with Crippen LogP contribution in [0, 0.1) is 0 Å². The van der Waals surface area contributed by atoms with Crippen molar-refractivity contribution < 1.29 is 9.13 Å². The number of aromatic nitrogens is 2. The molecule has 0 aliphatic carbocycles. The number of fused-ring (bicyclic) bond motifs is 1. The van der Waals surface area contributed by atoms with Gasteiger partial charge in [0.05, 0.1) is 24.5 Å². The smallest absolute Gasteiger partial charge is 0.119 e. The molecule has 2 aromatic heterocycles. The molecule has 1 aromatic carbocycles. The summed E-state index contributed by atoms with van der Waals surface area (Å²) in [4.78, 5) is 8.64. The van der Waals surface area contributed by atoms with Crippen molar-refractivity contribution in [3.05, 3.63) is 89.5 Å². The number of hydrogen-bond acceptors (Lipinski definition) is 5. The largest absolute Gasteiger partial charge is 0.493 e. The number of nitrogens with zero attached hydrogens (tertiary/aromatic N) is 2. The number of nitrogens with one attached hydrogen (secondary N) is 1. The van der Waals surface area contributed by atoms with E-state index in [2.05, 4.69) is 15.3 Å². The number of hydrogen-bond donors (Lipinski definition) is 2. The predicted octanol–water partition coefficient (Wildman–Crippen LogP) is 3.07.